The first kappa shape index (κ1) is 48.0. The molecular weight excluding hydrogens is 965 g/mol. The molecule has 2 saturated carbocycles. The second-order valence-corrected chi connectivity index (χ2v) is 24.5. The van der Waals surface area contributed by atoms with Gasteiger partial charge in [0.05, 0.1) is 23.1 Å². The molecule has 2 heterocycles. The minimum atomic E-state index is 0.347. The Morgan fingerprint density at radius 1 is 0.526 bits per heavy atom. The van der Waals surface area contributed by atoms with Crippen LogP contribution in [0.5, 0.6) is 0 Å². The monoisotopic (exact) mass is 1030 g/mol. The van der Waals surface area contributed by atoms with E-state index in [0.29, 0.717) is 59.2 Å². The zero-order chi connectivity index (χ0) is 51.5. The maximum Gasteiger partial charge on any atom is 0.135 e. The predicted octanol–water partition coefficient (Wildman–Crippen LogP) is 20.1. The summed E-state index contributed by atoms with van der Waals surface area (Å²) in [7, 11) is 0. The number of hydrogen-bond acceptors (Lipinski definition) is 4. The summed E-state index contributed by atoms with van der Waals surface area (Å²) in [5.74, 6) is 5.30. The summed E-state index contributed by atoms with van der Waals surface area (Å²) >= 11 is 1.46. The maximum atomic E-state index is 6.36. The lowest BCUT2D eigenvalue weighted by Gasteiger charge is -2.41. The quantitative estimate of drug-likeness (QED) is 0.137. The van der Waals surface area contributed by atoms with Gasteiger partial charge in [0, 0.05) is 28.5 Å². The third-order valence-corrected chi connectivity index (χ3v) is 20.7. The molecule has 78 heavy (non-hydrogen) atoms. The first-order chi connectivity index (χ1) is 38.7. The van der Waals surface area contributed by atoms with E-state index in [9.17, 15) is 0 Å². The number of para-hydroxylation sites is 1. The van der Waals surface area contributed by atoms with Crippen LogP contribution in [0, 0.1) is 23.7 Å². The topological polar surface area (TPSA) is 38.9 Å². The average Bonchev–Trinajstić information content (AvgIpc) is 4.32. The minimum Gasteiger partial charge on any atom is -0.456 e. The van der Waals surface area contributed by atoms with Crippen molar-refractivity contribution in [3.8, 4) is 22.3 Å². The zero-order valence-electron chi connectivity index (χ0n) is 44.6. The van der Waals surface area contributed by atoms with E-state index in [1.54, 1.807) is 22.3 Å². The smallest absolute Gasteiger partial charge is 0.135 e. The second-order valence-electron chi connectivity index (χ2n) is 24.0. The molecule has 0 spiro atoms. The number of rotatable bonds is 10. The predicted molar refractivity (Wildman–Crippen MR) is 323 cm³/mol. The molecule has 386 valence electrons. The van der Waals surface area contributed by atoms with Crippen LogP contribution in [0.4, 0.5) is 0 Å². The van der Waals surface area contributed by atoms with Gasteiger partial charge in [-0.2, -0.15) is 8.75 Å². The fraction of sp³-hybridized carbons (Fsp3) is 0.297. The van der Waals surface area contributed by atoms with Crippen molar-refractivity contribution in [2.45, 2.75) is 113 Å². The second kappa shape index (κ2) is 20.6. The van der Waals surface area contributed by atoms with Crippen LogP contribution in [0.2, 0.25) is 0 Å². The highest BCUT2D eigenvalue weighted by molar-refractivity contribution is 6.99. The van der Waals surface area contributed by atoms with E-state index >= 15 is 0 Å². The molecule has 0 aliphatic heterocycles. The van der Waals surface area contributed by atoms with E-state index in [4.69, 9.17) is 13.2 Å². The van der Waals surface area contributed by atoms with Crippen LogP contribution in [-0.2, 0) is 0 Å². The molecule has 15 rings (SSSR count). The number of fused-ring (bicyclic) bond motifs is 7. The number of aromatic nitrogens is 2. The number of nitrogens with zero attached hydrogens (tertiary/aromatic N) is 2. The highest BCUT2D eigenvalue weighted by Gasteiger charge is 2.47. The van der Waals surface area contributed by atoms with Gasteiger partial charge < -0.3 is 4.42 Å². The molecule has 2 fully saturated rings. The third-order valence-electron chi connectivity index (χ3n) is 20.2. The summed E-state index contributed by atoms with van der Waals surface area (Å²) < 4.78 is 16.9. The minimum absolute atomic E-state index is 0.347. The van der Waals surface area contributed by atoms with Gasteiger partial charge >= 0.3 is 0 Å². The molecule has 8 atom stereocenters. The van der Waals surface area contributed by atoms with Gasteiger partial charge in [-0.3, -0.25) is 0 Å². The number of hydrogen-bond donors (Lipinski definition) is 0. The Kier molecular flexibility index (Phi) is 12.7. The van der Waals surface area contributed by atoms with Crippen molar-refractivity contribution >= 4 is 39.2 Å². The fourth-order valence-corrected chi connectivity index (χ4v) is 17.1. The molecule has 0 bridgehead atoms. The molecule has 6 aliphatic rings. The van der Waals surface area contributed by atoms with Crippen molar-refractivity contribution in [1.29, 1.82) is 0 Å². The summed E-state index contributed by atoms with van der Waals surface area (Å²) in [6.07, 6.45) is 27.1. The Bertz CT molecular complexity index is 3760. The summed E-state index contributed by atoms with van der Waals surface area (Å²) in [4.78, 5) is 0. The highest BCUT2D eigenvalue weighted by atomic mass is 32.1. The van der Waals surface area contributed by atoms with Crippen molar-refractivity contribution in [3.63, 3.8) is 0 Å². The van der Waals surface area contributed by atoms with Crippen molar-refractivity contribution in [1.82, 2.24) is 8.75 Å². The first-order valence-corrected chi connectivity index (χ1v) is 30.3. The molecule has 6 aliphatic carbocycles. The van der Waals surface area contributed by atoms with Crippen LogP contribution in [0.25, 0.3) is 49.8 Å². The van der Waals surface area contributed by atoms with Crippen LogP contribution in [0.15, 0.2) is 222 Å². The molecule has 2 aromatic heterocycles. The van der Waals surface area contributed by atoms with Gasteiger partial charge in [-0.1, -0.05) is 205 Å². The number of allylic oxidation sites excluding steroid dienone is 8. The van der Waals surface area contributed by atoms with E-state index in [0.717, 1.165) is 43.3 Å². The zero-order valence-corrected chi connectivity index (χ0v) is 45.4. The van der Waals surface area contributed by atoms with Crippen LogP contribution in [0.1, 0.15) is 152 Å². The Hall–Kier alpha value is -7.14. The molecule has 3 nitrogen and oxygen atoms in total. The van der Waals surface area contributed by atoms with Gasteiger partial charge in [-0.15, -0.1) is 0 Å². The van der Waals surface area contributed by atoms with Gasteiger partial charge in [-0.25, -0.2) is 0 Å². The first-order valence-electron chi connectivity index (χ1n) is 29.6. The van der Waals surface area contributed by atoms with E-state index < -0.39 is 0 Å². The number of benzene rings is 7. The summed E-state index contributed by atoms with van der Waals surface area (Å²) in [6, 6.07) is 65.5. The molecule has 9 aromatic rings. The van der Waals surface area contributed by atoms with Gasteiger partial charge in [0.15, 0.2) is 0 Å². The largest absolute Gasteiger partial charge is 0.456 e. The Morgan fingerprint density at radius 2 is 1.21 bits per heavy atom. The van der Waals surface area contributed by atoms with Gasteiger partial charge in [0.1, 0.15) is 11.2 Å². The Labute approximate surface area is 464 Å². The highest BCUT2D eigenvalue weighted by Crippen LogP contribution is 2.61. The third kappa shape index (κ3) is 8.70. The normalized spacial score (nSPS) is 26.1. The van der Waals surface area contributed by atoms with Crippen LogP contribution in [0.3, 0.4) is 0 Å². The van der Waals surface area contributed by atoms with Crippen LogP contribution in [-0.4, -0.2) is 8.75 Å². The summed E-state index contributed by atoms with van der Waals surface area (Å²) in [5, 5.41) is 2.58. The molecule has 0 radical (unpaired) electrons. The molecule has 7 aromatic carbocycles. The van der Waals surface area contributed by atoms with Crippen molar-refractivity contribution < 1.29 is 4.42 Å². The van der Waals surface area contributed by atoms with Gasteiger partial charge in [0.25, 0.3) is 0 Å². The fourth-order valence-electron chi connectivity index (χ4n) is 16.4. The summed E-state index contributed by atoms with van der Waals surface area (Å²) in [5.41, 5.74) is 21.9. The molecular formula is C74H68N2OS. The molecule has 0 N–H and O–H groups in total. The number of furan rings is 1. The van der Waals surface area contributed by atoms with Crippen LogP contribution >= 0.6 is 11.7 Å². The van der Waals surface area contributed by atoms with Gasteiger partial charge in [0.2, 0.25) is 0 Å². The van der Waals surface area contributed by atoms with Crippen molar-refractivity contribution in [2.24, 2.45) is 23.7 Å². The average molecular weight is 1030 g/mol. The maximum absolute atomic E-state index is 6.36. The molecule has 8 unspecified atom stereocenters. The Morgan fingerprint density at radius 3 is 1.97 bits per heavy atom. The van der Waals surface area contributed by atoms with Gasteiger partial charge in [-0.05, 0) is 186 Å². The van der Waals surface area contributed by atoms with Crippen molar-refractivity contribution in [2.75, 3.05) is 0 Å². The Balaban J connectivity index is 0.695. The van der Waals surface area contributed by atoms with Crippen molar-refractivity contribution in [3.05, 3.63) is 257 Å². The molecule has 4 heteroatoms. The van der Waals surface area contributed by atoms with E-state index in [2.05, 4.69) is 206 Å². The van der Waals surface area contributed by atoms with E-state index in [-0.39, 0.29) is 0 Å². The molecule has 0 amide bonds. The lowest BCUT2D eigenvalue weighted by molar-refractivity contribution is 0.198. The van der Waals surface area contributed by atoms with E-state index in [1.807, 2.05) is 0 Å². The molecule has 0 saturated heterocycles. The standard InChI is InChI=1S/C74H68N2OS/c1-4-13-47(14-5-1)49-23-27-51(28-24-49)58-39-41-62-66(45-58)67-46-59(52-29-25-50(26-30-52)48-15-6-2-7-16-48)40-42-63(67)71(62)57-37-33-54(34-38-57)61-43-44-65(74-73(61)75-78-76-74)70(55-17-8-3-9-18-55)56-35-31-53(32-36-56)60-20-12-22-69-72(60)64-19-10-11-21-68(64)77-69/h1-29,33,37,39,41,45,52-53,56,59,61,63,65,67,70-71H,30-32,34-36,38,40,42-44,46H2. The van der Waals surface area contributed by atoms with Crippen LogP contribution < -0.4 is 0 Å². The van der Waals surface area contributed by atoms with E-state index in [1.165, 1.54) is 123 Å². The lowest BCUT2D eigenvalue weighted by atomic mass is 9.63. The SMILES string of the molecule is C1=CC(C2CCC3C(C2)c2cc(-c4ccc(-c5ccccc5)cc4)ccc2C3C2=CC=C(C3CCC(C(c4ccccc4)C4CCC(c5cccc6oc7ccccc7c56)CC4)c4nsnc43)CC2)CC=C1c1ccccc1. The summed E-state index contributed by atoms with van der Waals surface area (Å²) in [6.45, 7) is 0. The lowest BCUT2D eigenvalue weighted by Crippen LogP contribution is -2.28.